The number of hydrogen-bond acceptors (Lipinski definition) is 3. The number of halogens is 1. The molecule has 0 spiro atoms. The molecule has 0 amide bonds. The number of ether oxygens (including phenoxy) is 1. The van der Waals surface area contributed by atoms with Crippen LogP contribution >= 0.6 is 0 Å². The highest BCUT2D eigenvalue weighted by Gasteiger charge is 2.23. The van der Waals surface area contributed by atoms with Crippen LogP contribution in [0.2, 0.25) is 0 Å². The van der Waals surface area contributed by atoms with E-state index in [0.717, 1.165) is 47.8 Å². The summed E-state index contributed by atoms with van der Waals surface area (Å²) in [5.74, 6) is 0.714. The van der Waals surface area contributed by atoms with Crippen molar-refractivity contribution in [3.05, 3.63) is 71.3 Å². The Morgan fingerprint density at radius 2 is 1.89 bits per heavy atom. The van der Waals surface area contributed by atoms with Gasteiger partial charge in [0, 0.05) is 43.0 Å². The van der Waals surface area contributed by atoms with Gasteiger partial charge >= 0.3 is 0 Å². The lowest BCUT2D eigenvalue weighted by Crippen LogP contribution is -2.34. The van der Waals surface area contributed by atoms with Gasteiger partial charge in [0.15, 0.2) is 0 Å². The van der Waals surface area contributed by atoms with E-state index in [2.05, 4.69) is 43.0 Å². The standard InChI is InChI=1S/C23H26FN3O/c1-4-27-14-21(17(3)25-27)13-26-12-20-11-19(18-5-8-22(24)9-6-18)7-10-23(20)28-15-16(26)2/h5-11,14,16H,4,12-13,15H2,1-3H3/t16-/m0/s1. The van der Waals surface area contributed by atoms with Crippen LogP contribution in [0, 0.1) is 12.7 Å². The molecule has 5 heteroatoms. The summed E-state index contributed by atoms with van der Waals surface area (Å²) in [5, 5.41) is 4.58. The van der Waals surface area contributed by atoms with Crippen molar-refractivity contribution >= 4 is 0 Å². The highest BCUT2D eigenvalue weighted by Crippen LogP contribution is 2.31. The molecule has 2 aromatic carbocycles. The van der Waals surface area contributed by atoms with Gasteiger partial charge in [-0.25, -0.2) is 4.39 Å². The number of benzene rings is 2. The second-order valence-electron chi connectivity index (χ2n) is 7.49. The van der Waals surface area contributed by atoms with Gasteiger partial charge < -0.3 is 4.74 Å². The Labute approximate surface area is 165 Å². The summed E-state index contributed by atoms with van der Waals surface area (Å²) in [4.78, 5) is 2.43. The molecule has 0 radical (unpaired) electrons. The van der Waals surface area contributed by atoms with E-state index in [1.54, 1.807) is 0 Å². The first-order chi connectivity index (χ1) is 13.5. The van der Waals surface area contributed by atoms with E-state index >= 15 is 0 Å². The molecular weight excluding hydrogens is 353 g/mol. The van der Waals surface area contributed by atoms with E-state index in [0.29, 0.717) is 12.6 Å². The zero-order valence-corrected chi connectivity index (χ0v) is 16.7. The van der Waals surface area contributed by atoms with Crippen LogP contribution in [-0.4, -0.2) is 27.3 Å². The number of aryl methyl sites for hydroxylation is 2. The molecule has 146 valence electrons. The third kappa shape index (κ3) is 3.80. The molecule has 28 heavy (non-hydrogen) atoms. The second-order valence-corrected chi connectivity index (χ2v) is 7.49. The van der Waals surface area contributed by atoms with Crippen LogP contribution in [-0.2, 0) is 19.6 Å². The van der Waals surface area contributed by atoms with Gasteiger partial charge in [0.1, 0.15) is 18.2 Å². The largest absolute Gasteiger partial charge is 0.492 e. The topological polar surface area (TPSA) is 30.3 Å². The van der Waals surface area contributed by atoms with E-state index < -0.39 is 0 Å². The molecule has 0 N–H and O–H groups in total. The fraction of sp³-hybridized carbons (Fsp3) is 0.348. The molecule has 2 heterocycles. The average molecular weight is 379 g/mol. The first kappa shape index (κ1) is 18.7. The summed E-state index contributed by atoms with van der Waals surface area (Å²) in [6, 6.07) is 13.2. The summed E-state index contributed by atoms with van der Waals surface area (Å²) in [6.07, 6.45) is 2.14. The molecule has 0 unspecified atom stereocenters. The van der Waals surface area contributed by atoms with Crippen LogP contribution < -0.4 is 4.74 Å². The van der Waals surface area contributed by atoms with Gasteiger partial charge in [-0.05, 0) is 56.2 Å². The van der Waals surface area contributed by atoms with E-state index in [-0.39, 0.29) is 5.82 Å². The molecule has 1 aliphatic rings. The highest BCUT2D eigenvalue weighted by molar-refractivity contribution is 5.65. The van der Waals surface area contributed by atoms with E-state index in [1.807, 2.05) is 28.9 Å². The molecule has 4 nitrogen and oxygen atoms in total. The summed E-state index contributed by atoms with van der Waals surface area (Å²) in [7, 11) is 0. The molecule has 1 aromatic heterocycles. The highest BCUT2D eigenvalue weighted by atomic mass is 19.1. The SMILES string of the molecule is CCn1cc(CN2Cc3cc(-c4ccc(F)cc4)ccc3OC[C@@H]2C)c(C)n1. The van der Waals surface area contributed by atoms with Crippen molar-refractivity contribution in [1.29, 1.82) is 0 Å². The van der Waals surface area contributed by atoms with Gasteiger partial charge in [-0.1, -0.05) is 18.2 Å². The Bertz CT molecular complexity index is 964. The number of fused-ring (bicyclic) bond motifs is 1. The summed E-state index contributed by atoms with van der Waals surface area (Å²) in [6.45, 7) is 9.56. The maximum Gasteiger partial charge on any atom is 0.123 e. The molecule has 1 atom stereocenters. The lowest BCUT2D eigenvalue weighted by atomic mass is 10.0. The predicted molar refractivity (Wildman–Crippen MR) is 109 cm³/mol. The van der Waals surface area contributed by atoms with E-state index in [4.69, 9.17) is 4.74 Å². The summed E-state index contributed by atoms with van der Waals surface area (Å²) in [5.41, 5.74) is 5.58. The van der Waals surface area contributed by atoms with Gasteiger partial charge in [-0.15, -0.1) is 0 Å². The summed E-state index contributed by atoms with van der Waals surface area (Å²) < 4.78 is 21.3. The monoisotopic (exact) mass is 379 g/mol. The quantitative estimate of drug-likeness (QED) is 0.652. The third-order valence-electron chi connectivity index (χ3n) is 5.46. The Morgan fingerprint density at radius 1 is 1.14 bits per heavy atom. The maximum atomic E-state index is 13.3. The smallest absolute Gasteiger partial charge is 0.123 e. The van der Waals surface area contributed by atoms with Crippen molar-refractivity contribution in [3.63, 3.8) is 0 Å². The minimum Gasteiger partial charge on any atom is -0.492 e. The van der Waals surface area contributed by atoms with Gasteiger partial charge in [0.2, 0.25) is 0 Å². The molecule has 0 bridgehead atoms. The van der Waals surface area contributed by atoms with Gasteiger partial charge in [0.25, 0.3) is 0 Å². The number of nitrogens with zero attached hydrogens (tertiary/aromatic N) is 3. The van der Waals surface area contributed by atoms with Gasteiger partial charge in [-0.3, -0.25) is 9.58 Å². The number of hydrogen-bond donors (Lipinski definition) is 0. The lowest BCUT2D eigenvalue weighted by Gasteiger charge is -2.25. The number of aromatic nitrogens is 2. The zero-order valence-electron chi connectivity index (χ0n) is 16.7. The Hall–Kier alpha value is -2.66. The average Bonchev–Trinajstić information content (AvgIpc) is 2.98. The van der Waals surface area contributed by atoms with Gasteiger partial charge in [0.05, 0.1) is 5.69 Å². The fourth-order valence-electron chi connectivity index (χ4n) is 3.66. The van der Waals surface area contributed by atoms with Crippen LogP contribution in [0.1, 0.15) is 30.7 Å². The Morgan fingerprint density at radius 3 is 2.61 bits per heavy atom. The maximum absolute atomic E-state index is 13.3. The lowest BCUT2D eigenvalue weighted by molar-refractivity contribution is 0.151. The van der Waals surface area contributed by atoms with Crippen molar-refractivity contribution in [1.82, 2.24) is 14.7 Å². The minimum atomic E-state index is -0.218. The molecule has 0 fully saturated rings. The fourth-order valence-corrected chi connectivity index (χ4v) is 3.66. The van der Waals surface area contributed by atoms with Crippen molar-refractivity contribution in [2.45, 2.75) is 46.4 Å². The molecule has 0 saturated heterocycles. The predicted octanol–water partition coefficient (Wildman–Crippen LogP) is 4.80. The van der Waals surface area contributed by atoms with Gasteiger partial charge in [-0.2, -0.15) is 5.10 Å². The van der Waals surface area contributed by atoms with Crippen LogP contribution in [0.4, 0.5) is 4.39 Å². The first-order valence-electron chi connectivity index (χ1n) is 9.82. The molecule has 0 aliphatic carbocycles. The van der Waals surface area contributed by atoms with Crippen molar-refractivity contribution in [2.75, 3.05) is 6.61 Å². The first-order valence-corrected chi connectivity index (χ1v) is 9.82. The normalized spacial score (nSPS) is 17.1. The molecular formula is C23H26FN3O. The van der Waals surface area contributed by atoms with Crippen molar-refractivity contribution < 1.29 is 9.13 Å². The van der Waals surface area contributed by atoms with E-state index in [9.17, 15) is 4.39 Å². The van der Waals surface area contributed by atoms with Crippen molar-refractivity contribution in [2.24, 2.45) is 0 Å². The Kier molecular flexibility index (Phi) is 5.18. The summed E-state index contributed by atoms with van der Waals surface area (Å²) >= 11 is 0. The zero-order chi connectivity index (χ0) is 19.7. The van der Waals surface area contributed by atoms with Crippen LogP contribution in [0.15, 0.2) is 48.7 Å². The van der Waals surface area contributed by atoms with Crippen LogP contribution in [0.25, 0.3) is 11.1 Å². The molecule has 1 aliphatic heterocycles. The van der Waals surface area contributed by atoms with E-state index in [1.165, 1.54) is 17.7 Å². The minimum absolute atomic E-state index is 0.218. The molecule has 4 rings (SSSR count). The third-order valence-corrected chi connectivity index (χ3v) is 5.46. The second kappa shape index (κ2) is 7.76. The van der Waals surface area contributed by atoms with Crippen molar-refractivity contribution in [3.8, 4) is 16.9 Å². The molecule has 3 aromatic rings. The Balaban J connectivity index is 1.61. The molecule has 0 saturated carbocycles. The van der Waals surface area contributed by atoms with Crippen LogP contribution in [0.5, 0.6) is 5.75 Å². The van der Waals surface area contributed by atoms with Crippen LogP contribution in [0.3, 0.4) is 0 Å². The number of rotatable bonds is 4.